The van der Waals surface area contributed by atoms with E-state index in [1.54, 1.807) is 88.4 Å². The van der Waals surface area contributed by atoms with Crippen molar-refractivity contribution in [2.24, 2.45) is 16.8 Å². The van der Waals surface area contributed by atoms with Crippen LogP contribution in [0, 0.1) is 11.8 Å². The Hall–Kier alpha value is -4.83. The molecule has 0 radical (unpaired) electrons. The predicted octanol–water partition coefficient (Wildman–Crippen LogP) is 2.58. The lowest BCUT2D eigenvalue weighted by Crippen LogP contribution is -2.61. The van der Waals surface area contributed by atoms with Gasteiger partial charge in [-0.25, -0.2) is 4.99 Å². The van der Waals surface area contributed by atoms with E-state index in [1.807, 2.05) is 41.5 Å². The molecule has 5 N–H and O–H groups in total. The zero-order valence-electron chi connectivity index (χ0n) is 34.2. The molecular weight excluding hydrogens is 718 g/mol. The molecule has 1 heterocycles. The summed E-state index contributed by atoms with van der Waals surface area (Å²) in [6.45, 7) is 17.8. The molecule has 1 aliphatic rings. The van der Waals surface area contributed by atoms with Crippen LogP contribution >= 0.6 is 0 Å². The average Bonchev–Trinajstić information content (AvgIpc) is 3.12. The van der Waals surface area contributed by atoms with Gasteiger partial charge >= 0.3 is 0 Å². The first-order chi connectivity index (χ1) is 26.2. The van der Waals surface area contributed by atoms with Gasteiger partial charge in [0.1, 0.15) is 18.1 Å². The molecule has 0 saturated carbocycles. The molecule has 0 bridgehead atoms. The molecule has 2 aromatic carbocycles. The molecule has 0 aromatic heterocycles. The van der Waals surface area contributed by atoms with Gasteiger partial charge in [0.15, 0.2) is 6.17 Å². The molecule has 0 saturated heterocycles. The number of hydrogen-bond donors (Lipinski definition) is 5. The second-order valence-electron chi connectivity index (χ2n) is 16.5. The number of rotatable bonds is 19. The maximum Gasteiger partial charge on any atom is 0.295 e. The van der Waals surface area contributed by atoms with Gasteiger partial charge in [-0.05, 0) is 64.5 Å². The highest BCUT2D eigenvalue weighted by Gasteiger charge is 2.42. The van der Waals surface area contributed by atoms with E-state index in [0.717, 1.165) is 4.90 Å². The Labute approximate surface area is 330 Å². The number of carbonyl (C=O) groups is 6. The van der Waals surface area contributed by atoms with Gasteiger partial charge in [0.05, 0.1) is 30.3 Å². The predicted molar refractivity (Wildman–Crippen MR) is 212 cm³/mol. The third-order valence-corrected chi connectivity index (χ3v) is 8.53. The summed E-state index contributed by atoms with van der Waals surface area (Å²) in [5, 5.41) is 8.18. The summed E-state index contributed by atoms with van der Waals surface area (Å²) < 4.78 is 0. The minimum absolute atomic E-state index is 0.0423. The van der Waals surface area contributed by atoms with Crippen LogP contribution in [0.25, 0.3) is 0 Å². The van der Waals surface area contributed by atoms with E-state index in [0.29, 0.717) is 11.1 Å². The fourth-order valence-corrected chi connectivity index (χ4v) is 5.52. The molecule has 15 nitrogen and oxygen atoms in total. The van der Waals surface area contributed by atoms with Crippen molar-refractivity contribution in [2.75, 3.05) is 6.67 Å². The highest BCUT2D eigenvalue weighted by molar-refractivity contribution is 6.44. The van der Waals surface area contributed by atoms with Crippen LogP contribution in [0.15, 0.2) is 65.7 Å². The van der Waals surface area contributed by atoms with Crippen molar-refractivity contribution in [3.8, 4) is 0 Å². The van der Waals surface area contributed by atoms with Gasteiger partial charge in [-0.2, -0.15) is 11.0 Å². The van der Waals surface area contributed by atoms with Crippen molar-refractivity contribution < 1.29 is 38.4 Å². The Bertz CT molecular complexity index is 1690. The fourth-order valence-electron chi connectivity index (χ4n) is 5.52. The van der Waals surface area contributed by atoms with Crippen LogP contribution in [0.2, 0.25) is 0 Å². The normalized spacial score (nSPS) is 16.7. The number of Topliss-reactive ketones (excluding diaryl/α,β-unsaturated/α-hetero) is 3. The lowest BCUT2D eigenvalue weighted by molar-refractivity contribution is -0.152. The standard InChI is InChI=1S/C41H59N7O8/c1-25(2)31(46-55-40(5,6)7)37(52)44-29(21-27-17-13-11-14-18-27)33(49)35(51)36-43-23-42-24-48(36)39(54)34(50)30(22-28-19-15-12-16-20-28)45-38(53)32(26(3)4)47-56-41(8,9)10/h11-20,23,25-26,29-32,36,46-47H,21-22,24H2,1-10H3,(H,42,43)(H,44,52)(H,45,53)/t29-,30-,31-,32-,36?/m0/s1. The minimum Gasteiger partial charge on any atom is -0.359 e. The molecule has 5 atom stereocenters. The Morgan fingerprint density at radius 1 is 0.696 bits per heavy atom. The van der Waals surface area contributed by atoms with E-state index < -0.39 is 76.6 Å². The first-order valence-corrected chi connectivity index (χ1v) is 18.9. The monoisotopic (exact) mass is 777 g/mol. The number of hydrogen-bond acceptors (Lipinski definition) is 12. The average molecular weight is 778 g/mol. The number of nitrogens with zero attached hydrogens (tertiary/aromatic N) is 2. The molecule has 56 heavy (non-hydrogen) atoms. The van der Waals surface area contributed by atoms with E-state index in [9.17, 15) is 28.8 Å². The molecule has 1 unspecified atom stereocenters. The van der Waals surface area contributed by atoms with Crippen LogP contribution in [-0.2, 0) is 51.3 Å². The molecule has 2 aromatic rings. The molecule has 15 heteroatoms. The zero-order valence-corrected chi connectivity index (χ0v) is 34.2. The Kier molecular flexibility index (Phi) is 16.6. The van der Waals surface area contributed by atoms with E-state index in [4.69, 9.17) is 9.68 Å². The van der Waals surface area contributed by atoms with E-state index >= 15 is 0 Å². The lowest BCUT2D eigenvalue weighted by Gasteiger charge is -2.32. The maximum atomic E-state index is 14.1. The fraction of sp³-hybridized carbons (Fsp3) is 0.537. The van der Waals surface area contributed by atoms with Gasteiger partial charge in [-0.1, -0.05) is 88.4 Å². The summed E-state index contributed by atoms with van der Waals surface area (Å²) in [5.41, 5.74) is 5.66. The number of aliphatic imine (C=N–C) groups is 1. The first-order valence-electron chi connectivity index (χ1n) is 18.9. The van der Waals surface area contributed by atoms with E-state index in [2.05, 4.69) is 31.9 Å². The summed E-state index contributed by atoms with van der Waals surface area (Å²) in [6.07, 6.45) is -0.635. The van der Waals surface area contributed by atoms with Crippen molar-refractivity contribution in [3.05, 3.63) is 71.8 Å². The van der Waals surface area contributed by atoms with Crippen LogP contribution in [0.1, 0.15) is 80.4 Å². The SMILES string of the molecule is CC(C)[C@H](NOC(C)(C)C)C(=O)N[C@@H](Cc1ccccc1)C(=O)C(=O)C1N=CNCN1C(=O)C(=O)[C@H](Cc1ccccc1)NC(=O)[C@@H](NOC(C)(C)C)C(C)C. The molecular formula is C41H59N7O8. The molecule has 3 rings (SSSR count). The number of nitrogens with one attached hydrogen (secondary N) is 5. The van der Waals surface area contributed by atoms with Crippen LogP contribution < -0.4 is 26.9 Å². The number of amides is 3. The van der Waals surface area contributed by atoms with Crippen molar-refractivity contribution in [3.63, 3.8) is 0 Å². The van der Waals surface area contributed by atoms with Crippen molar-refractivity contribution in [2.45, 2.75) is 124 Å². The highest BCUT2D eigenvalue weighted by Crippen LogP contribution is 2.16. The molecule has 0 fully saturated rings. The number of ketones is 3. The quantitative estimate of drug-likeness (QED) is 0.104. The number of carbonyl (C=O) groups excluding carboxylic acids is 6. The van der Waals surface area contributed by atoms with Crippen molar-refractivity contribution in [1.29, 1.82) is 0 Å². The van der Waals surface area contributed by atoms with Crippen LogP contribution in [0.3, 0.4) is 0 Å². The van der Waals surface area contributed by atoms with Crippen LogP contribution in [0.4, 0.5) is 0 Å². The molecule has 0 aliphatic carbocycles. The van der Waals surface area contributed by atoms with E-state index in [1.165, 1.54) is 6.34 Å². The second kappa shape index (κ2) is 20.4. The van der Waals surface area contributed by atoms with E-state index in [-0.39, 0.29) is 31.3 Å². The molecule has 3 amide bonds. The summed E-state index contributed by atoms with van der Waals surface area (Å²) in [7, 11) is 0. The molecule has 1 aliphatic heterocycles. The summed E-state index contributed by atoms with van der Waals surface area (Å²) in [6, 6.07) is 13.2. The van der Waals surface area contributed by atoms with Gasteiger partial charge in [-0.15, -0.1) is 0 Å². The first kappa shape index (κ1) is 45.6. The highest BCUT2D eigenvalue weighted by atomic mass is 16.7. The third-order valence-electron chi connectivity index (χ3n) is 8.53. The number of hydroxylamine groups is 2. The maximum absolute atomic E-state index is 14.1. The van der Waals surface area contributed by atoms with Crippen LogP contribution in [0.5, 0.6) is 0 Å². The third kappa shape index (κ3) is 14.0. The van der Waals surface area contributed by atoms with Crippen LogP contribution in [-0.4, -0.2) is 94.5 Å². The van der Waals surface area contributed by atoms with Crippen molar-refractivity contribution >= 4 is 41.4 Å². The summed E-state index contributed by atoms with van der Waals surface area (Å²) >= 11 is 0. The summed E-state index contributed by atoms with van der Waals surface area (Å²) in [5.74, 6) is -5.99. The lowest BCUT2D eigenvalue weighted by atomic mass is 9.96. The van der Waals surface area contributed by atoms with Gasteiger partial charge in [-0.3, -0.25) is 43.3 Å². The number of benzene rings is 2. The summed E-state index contributed by atoms with van der Waals surface area (Å²) in [4.78, 5) is 100.0. The Balaban J connectivity index is 1.91. The molecule has 306 valence electrons. The molecule has 0 spiro atoms. The largest absolute Gasteiger partial charge is 0.359 e. The minimum atomic E-state index is -1.73. The Morgan fingerprint density at radius 2 is 1.11 bits per heavy atom. The Morgan fingerprint density at radius 3 is 1.50 bits per heavy atom. The van der Waals surface area contributed by atoms with Gasteiger partial charge < -0.3 is 16.0 Å². The van der Waals surface area contributed by atoms with Gasteiger partial charge in [0.2, 0.25) is 29.2 Å². The topological polar surface area (TPSA) is 197 Å². The zero-order chi connectivity index (χ0) is 41.8. The smallest absolute Gasteiger partial charge is 0.295 e. The van der Waals surface area contributed by atoms with Gasteiger partial charge in [0, 0.05) is 12.8 Å². The van der Waals surface area contributed by atoms with Gasteiger partial charge in [0.25, 0.3) is 5.91 Å². The van der Waals surface area contributed by atoms with Crippen molar-refractivity contribution in [1.82, 2.24) is 31.8 Å². The second-order valence-corrected chi connectivity index (χ2v) is 16.5.